The van der Waals surface area contributed by atoms with Crippen molar-refractivity contribution in [2.75, 3.05) is 6.61 Å². The molecule has 1 rings (SSSR count). The van der Waals surface area contributed by atoms with E-state index in [9.17, 15) is 0 Å². The minimum Gasteiger partial charge on any atom is -0.396 e. The fraction of sp³-hybridized carbons (Fsp3) is 0.400. The smallest absolute Gasteiger partial charge is 0.0434 e. The highest BCUT2D eigenvalue weighted by Crippen LogP contribution is 2.05. The number of aliphatic hydroxyl groups is 1. The summed E-state index contributed by atoms with van der Waals surface area (Å²) in [6.45, 7) is 0.860. The maximum atomic E-state index is 8.61. The summed E-state index contributed by atoms with van der Waals surface area (Å²) in [5.74, 6) is 0. The summed E-state index contributed by atoms with van der Waals surface area (Å²) >= 11 is 0. The van der Waals surface area contributed by atoms with E-state index in [0.717, 1.165) is 18.4 Å². The zero-order valence-electron chi connectivity index (χ0n) is 7.16. The molecule has 0 bridgehead atoms. The van der Waals surface area contributed by atoms with Crippen molar-refractivity contribution in [3.63, 3.8) is 0 Å². The Morgan fingerprint density at radius 3 is 2.17 bits per heavy atom. The normalized spacial score (nSPS) is 10.2. The van der Waals surface area contributed by atoms with Crippen LogP contribution in [0.25, 0.3) is 0 Å². The lowest BCUT2D eigenvalue weighted by Gasteiger charge is -2.00. The van der Waals surface area contributed by atoms with Gasteiger partial charge in [-0.15, -0.1) is 0 Å². The van der Waals surface area contributed by atoms with Crippen LogP contribution >= 0.6 is 0 Å². The van der Waals surface area contributed by atoms with E-state index in [4.69, 9.17) is 10.8 Å². The van der Waals surface area contributed by atoms with Crippen molar-refractivity contribution in [3.05, 3.63) is 35.4 Å². The van der Waals surface area contributed by atoms with Crippen LogP contribution < -0.4 is 5.73 Å². The maximum Gasteiger partial charge on any atom is 0.0434 e. The number of benzene rings is 1. The fourth-order valence-electron chi connectivity index (χ4n) is 1.13. The zero-order chi connectivity index (χ0) is 8.81. The molecule has 0 spiro atoms. The molecular weight excluding hydrogens is 150 g/mol. The molecular formula is C10H15NO. The number of aryl methyl sites for hydroxylation is 1. The molecule has 0 radical (unpaired) electrons. The minimum atomic E-state index is 0.263. The van der Waals surface area contributed by atoms with Crippen molar-refractivity contribution >= 4 is 0 Å². The molecule has 0 fully saturated rings. The highest BCUT2D eigenvalue weighted by molar-refractivity contribution is 5.22. The predicted molar refractivity (Wildman–Crippen MR) is 49.7 cm³/mol. The van der Waals surface area contributed by atoms with Crippen molar-refractivity contribution < 1.29 is 5.11 Å². The maximum absolute atomic E-state index is 8.61. The molecule has 0 aliphatic rings. The monoisotopic (exact) mass is 165 g/mol. The van der Waals surface area contributed by atoms with E-state index >= 15 is 0 Å². The van der Waals surface area contributed by atoms with E-state index in [1.54, 1.807) is 0 Å². The molecule has 0 atom stereocenters. The van der Waals surface area contributed by atoms with Gasteiger partial charge in [-0.1, -0.05) is 24.3 Å². The van der Waals surface area contributed by atoms with E-state index in [-0.39, 0.29) is 6.61 Å². The lowest BCUT2D eigenvalue weighted by atomic mass is 10.1. The molecule has 3 N–H and O–H groups in total. The first-order valence-corrected chi connectivity index (χ1v) is 4.25. The van der Waals surface area contributed by atoms with Gasteiger partial charge in [-0.3, -0.25) is 0 Å². The van der Waals surface area contributed by atoms with Crippen LogP contribution in [0.1, 0.15) is 17.5 Å². The van der Waals surface area contributed by atoms with Crippen molar-refractivity contribution in [2.45, 2.75) is 19.4 Å². The van der Waals surface area contributed by atoms with E-state index in [0.29, 0.717) is 6.54 Å². The summed E-state index contributed by atoms with van der Waals surface area (Å²) in [6.07, 6.45) is 1.78. The Bertz CT molecular complexity index is 218. The Morgan fingerprint density at radius 2 is 1.67 bits per heavy atom. The average Bonchev–Trinajstić information content (AvgIpc) is 2.15. The van der Waals surface area contributed by atoms with Gasteiger partial charge in [0.05, 0.1) is 0 Å². The van der Waals surface area contributed by atoms with Gasteiger partial charge in [-0.05, 0) is 24.0 Å². The number of hydrogen-bond donors (Lipinski definition) is 2. The Kier molecular flexibility index (Phi) is 3.77. The molecule has 0 aliphatic carbocycles. The van der Waals surface area contributed by atoms with Gasteiger partial charge in [0.2, 0.25) is 0 Å². The molecule has 0 saturated carbocycles. The summed E-state index contributed by atoms with van der Waals surface area (Å²) < 4.78 is 0. The van der Waals surface area contributed by atoms with Gasteiger partial charge >= 0.3 is 0 Å². The molecule has 0 unspecified atom stereocenters. The molecule has 66 valence electrons. The molecule has 0 saturated heterocycles. The van der Waals surface area contributed by atoms with Crippen molar-refractivity contribution in [1.29, 1.82) is 0 Å². The average molecular weight is 165 g/mol. The molecule has 0 amide bonds. The molecule has 2 heteroatoms. The first-order valence-electron chi connectivity index (χ1n) is 4.25. The second kappa shape index (κ2) is 4.91. The summed E-state index contributed by atoms with van der Waals surface area (Å²) in [7, 11) is 0. The van der Waals surface area contributed by atoms with E-state index < -0.39 is 0 Å². The Labute approximate surface area is 73.0 Å². The van der Waals surface area contributed by atoms with Crippen molar-refractivity contribution in [1.82, 2.24) is 0 Å². The van der Waals surface area contributed by atoms with Gasteiger partial charge in [0.15, 0.2) is 0 Å². The topological polar surface area (TPSA) is 46.2 Å². The number of aliphatic hydroxyl groups excluding tert-OH is 1. The van der Waals surface area contributed by atoms with E-state index in [2.05, 4.69) is 12.1 Å². The highest BCUT2D eigenvalue weighted by atomic mass is 16.2. The third-order valence-corrected chi connectivity index (χ3v) is 1.88. The molecule has 1 aromatic rings. The van der Waals surface area contributed by atoms with Crippen LogP contribution in [0.3, 0.4) is 0 Å². The third-order valence-electron chi connectivity index (χ3n) is 1.88. The molecule has 0 aromatic heterocycles. The van der Waals surface area contributed by atoms with Crippen LogP contribution in [-0.4, -0.2) is 11.7 Å². The van der Waals surface area contributed by atoms with Gasteiger partial charge in [-0.25, -0.2) is 0 Å². The standard InChI is InChI=1S/C10H15NO/c11-8-10-5-3-9(4-6-10)2-1-7-12/h3-6,12H,1-2,7-8,11H2. The summed E-state index contributed by atoms with van der Waals surface area (Å²) in [5.41, 5.74) is 7.88. The van der Waals surface area contributed by atoms with Crippen LogP contribution in [0.2, 0.25) is 0 Å². The van der Waals surface area contributed by atoms with Gasteiger partial charge in [0.25, 0.3) is 0 Å². The molecule has 12 heavy (non-hydrogen) atoms. The first kappa shape index (κ1) is 9.23. The largest absolute Gasteiger partial charge is 0.396 e. The lowest BCUT2D eigenvalue weighted by Crippen LogP contribution is -1.96. The zero-order valence-corrected chi connectivity index (χ0v) is 7.16. The van der Waals surface area contributed by atoms with Gasteiger partial charge in [0, 0.05) is 13.2 Å². The van der Waals surface area contributed by atoms with Crippen LogP contribution in [0, 0.1) is 0 Å². The number of nitrogens with two attached hydrogens (primary N) is 1. The van der Waals surface area contributed by atoms with Crippen LogP contribution in [-0.2, 0) is 13.0 Å². The molecule has 1 aromatic carbocycles. The summed E-state index contributed by atoms with van der Waals surface area (Å²) in [4.78, 5) is 0. The minimum absolute atomic E-state index is 0.263. The van der Waals surface area contributed by atoms with Crippen LogP contribution in [0.5, 0.6) is 0 Å². The third kappa shape index (κ3) is 2.64. The lowest BCUT2D eigenvalue weighted by molar-refractivity contribution is 0.288. The fourth-order valence-corrected chi connectivity index (χ4v) is 1.13. The predicted octanol–water partition coefficient (Wildman–Crippen LogP) is 1.07. The Balaban J connectivity index is 2.53. The Hall–Kier alpha value is -0.860. The molecule has 2 nitrogen and oxygen atoms in total. The van der Waals surface area contributed by atoms with Crippen molar-refractivity contribution in [3.8, 4) is 0 Å². The van der Waals surface area contributed by atoms with Crippen LogP contribution in [0.4, 0.5) is 0 Å². The van der Waals surface area contributed by atoms with E-state index in [1.165, 1.54) is 5.56 Å². The SMILES string of the molecule is NCc1ccc(CCCO)cc1. The second-order valence-electron chi connectivity index (χ2n) is 2.85. The van der Waals surface area contributed by atoms with Crippen LogP contribution in [0.15, 0.2) is 24.3 Å². The number of hydrogen-bond acceptors (Lipinski definition) is 2. The molecule has 0 aliphatic heterocycles. The van der Waals surface area contributed by atoms with Crippen molar-refractivity contribution in [2.24, 2.45) is 5.73 Å². The highest BCUT2D eigenvalue weighted by Gasteiger charge is 1.92. The van der Waals surface area contributed by atoms with E-state index in [1.807, 2.05) is 12.1 Å². The first-order chi connectivity index (χ1) is 5.86. The Morgan fingerprint density at radius 1 is 1.08 bits per heavy atom. The van der Waals surface area contributed by atoms with Gasteiger partial charge in [0.1, 0.15) is 0 Å². The van der Waals surface area contributed by atoms with Gasteiger partial charge < -0.3 is 10.8 Å². The quantitative estimate of drug-likeness (QED) is 0.701. The number of rotatable bonds is 4. The van der Waals surface area contributed by atoms with Gasteiger partial charge in [-0.2, -0.15) is 0 Å². The molecule has 0 heterocycles. The second-order valence-corrected chi connectivity index (χ2v) is 2.85. The summed E-state index contributed by atoms with van der Waals surface area (Å²) in [6, 6.07) is 8.20. The summed E-state index contributed by atoms with van der Waals surface area (Å²) in [5, 5.41) is 8.61.